The van der Waals surface area contributed by atoms with Crippen LogP contribution in [0.1, 0.15) is 26.3 Å². The summed E-state index contributed by atoms with van der Waals surface area (Å²) in [6.45, 7) is 6.93. The Bertz CT molecular complexity index is 936. The molecule has 1 saturated heterocycles. The van der Waals surface area contributed by atoms with Gasteiger partial charge in [0.05, 0.1) is 0 Å². The maximum atomic E-state index is 13.0. The number of rotatable bonds is 5. The number of carbonyl (C=O) groups is 3. The Morgan fingerprint density at radius 1 is 0.848 bits per heavy atom. The van der Waals surface area contributed by atoms with Crippen LogP contribution in [0.15, 0.2) is 60.7 Å². The Balaban J connectivity index is 1.60. The average molecular weight is 454 g/mol. The van der Waals surface area contributed by atoms with Gasteiger partial charge < -0.3 is 19.3 Å². The Hall–Kier alpha value is -3.55. The number of para-hydroxylation sites is 1. The molecule has 0 radical (unpaired) electrons. The van der Waals surface area contributed by atoms with Crippen LogP contribution in [0.3, 0.4) is 0 Å². The first kappa shape index (κ1) is 24.1. The molecule has 1 fully saturated rings. The summed E-state index contributed by atoms with van der Waals surface area (Å²) in [5.74, 6) is -0.209. The SMILES string of the molecule is CC(C)(C)OC(=O)N1CCN(C(=O)CN(C(=O)OCc2ccccc2)c2ccccc2)CC1. The van der Waals surface area contributed by atoms with E-state index in [2.05, 4.69) is 0 Å². The van der Waals surface area contributed by atoms with Crippen molar-refractivity contribution in [2.75, 3.05) is 37.6 Å². The molecule has 0 N–H and O–H groups in total. The van der Waals surface area contributed by atoms with Gasteiger partial charge in [0.2, 0.25) is 5.91 Å². The van der Waals surface area contributed by atoms with Gasteiger partial charge in [-0.2, -0.15) is 0 Å². The minimum atomic E-state index is -0.592. The van der Waals surface area contributed by atoms with Gasteiger partial charge in [-0.1, -0.05) is 48.5 Å². The number of piperazine rings is 1. The summed E-state index contributed by atoms with van der Waals surface area (Å²) in [6, 6.07) is 18.3. The molecule has 1 aliphatic heterocycles. The molecule has 1 aliphatic rings. The fraction of sp³-hybridized carbons (Fsp3) is 0.400. The van der Waals surface area contributed by atoms with Gasteiger partial charge in [-0.3, -0.25) is 9.69 Å². The Morgan fingerprint density at radius 2 is 1.39 bits per heavy atom. The number of nitrogens with zero attached hydrogens (tertiary/aromatic N) is 3. The van der Waals surface area contributed by atoms with Crippen LogP contribution in [-0.2, 0) is 20.9 Å². The van der Waals surface area contributed by atoms with Crippen LogP contribution >= 0.6 is 0 Å². The van der Waals surface area contributed by atoms with Gasteiger partial charge in [0.25, 0.3) is 0 Å². The monoisotopic (exact) mass is 453 g/mol. The third-order valence-electron chi connectivity index (χ3n) is 5.07. The molecule has 3 amide bonds. The van der Waals surface area contributed by atoms with E-state index in [0.717, 1.165) is 5.56 Å². The van der Waals surface area contributed by atoms with E-state index in [1.807, 2.05) is 57.2 Å². The molecule has 0 bridgehead atoms. The van der Waals surface area contributed by atoms with Gasteiger partial charge in [0.15, 0.2) is 0 Å². The van der Waals surface area contributed by atoms with Crippen LogP contribution in [0.25, 0.3) is 0 Å². The van der Waals surface area contributed by atoms with Crippen LogP contribution in [-0.4, -0.2) is 66.2 Å². The molecule has 8 heteroatoms. The number of amides is 3. The molecule has 0 unspecified atom stereocenters. The first-order valence-corrected chi connectivity index (χ1v) is 11.0. The van der Waals surface area contributed by atoms with E-state index < -0.39 is 11.7 Å². The summed E-state index contributed by atoms with van der Waals surface area (Å²) < 4.78 is 10.9. The molecule has 0 saturated carbocycles. The molecule has 0 atom stereocenters. The molecule has 1 heterocycles. The molecule has 0 aliphatic carbocycles. The van der Waals surface area contributed by atoms with Gasteiger partial charge in [0.1, 0.15) is 18.8 Å². The first-order chi connectivity index (χ1) is 15.7. The quantitative estimate of drug-likeness (QED) is 0.686. The number of anilines is 1. The molecule has 176 valence electrons. The summed E-state index contributed by atoms with van der Waals surface area (Å²) in [4.78, 5) is 42.7. The normalized spacial score (nSPS) is 13.9. The lowest BCUT2D eigenvalue weighted by Gasteiger charge is -2.36. The van der Waals surface area contributed by atoms with Crippen molar-refractivity contribution < 1.29 is 23.9 Å². The third kappa shape index (κ3) is 7.24. The molecule has 2 aromatic rings. The van der Waals surface area contributed by atoms with Gasteiger partial charge in [-0.15, -0.1) is 0 Å². The summed E-state index contributed by atoms with van der Waals surface area (Å²) in [7, 11) is 0. The van der Waals surface area contributed by atoms with Gasteiger partial charge in [0, 0.05) is 31.9 Å². The number of hydrogen-bond acceptors (Lipinski definition) is 5. The van der Waals surface area contributed by atoms with E-state index in [-0.39, 0.29) is 25.2 Å². The van der Waals surface area contributed by atoms with Crippen molar-refractivity contribution in [2.45, 2.75) is 33.0 Å². The zero-order chi connectivity index (χ0) is 23.8. The van der Waals surface area contributed by atoms with Crippen molar-refractivity contribution in [2.24, 2.45) is 0 Å². The zero-order valence-corrected chi connectivity index (χ0v) is 19.4. The molecular formula is C25H31N3O5. The first-order valence-electron chi connectivity index (χ1n) is 11.0. The van der Waals surface area contributed by atoms with Crippen LogP contribution in [0.2, 0.25) is 0 Å². The van der Waals surface area contributed by atoms with Gasteiger partial charge >= 0.3 is 12.2 Å². The zero-order valence-electron chi connectivity index (χ0n) is 19.4. The molecule has 2 aromatic carbocycles. The van der Waals surface area contributed by atoms with E-state index in [1.54, 1.807) is 34.1 Å². The number of hydrogen-bond donors (Lipinski definition) is 0. The summed E-state index contributed by atoms with van der Waals surface area (Å²) in [5.41, 5.74) is 0.875. The molecule has 8 nitrogen and oxygen atoms in total. The topological polar surface area (TPSA) is 79.4 Å². The minimum absolute atomic E-state index is 0.117. The Morgan fingerprint density at radius 3 is 1.97 bits per heavy atom. The van der Waals surface area contributed by atoms with E-state index in [9.17, 15) is 14.4 Å². The second kappa shape index (κ2) is 10.8. The van der Waals surface area contributed by atoms with Crippen LogP contribution < -0.4 is 4.90 Å². The highest BCUT2D eigenvalue weighted by molar-refractivity contribution is 5.95. The predicted molar refractivity (Wildman–Crippen MR) is 125 cm³/mol. The predicted octanol–water partition coefficient (Wildman–Crippen LogP) is 3.91. The summed E-state index contributed by atoms with van der Waals surface area (Å²) >= 11 is 0. The molecule has 0 spiro atoms. The highest BCUT2D eigenvalue weighted by Gasteiger charge is 2.29. The standard InChI is InChI=1S/C25H31N3O5/c1-25(2,3)33-23(30)27-16-14-26(15-17-27)22(29)18-28(21-12-8-5-9-13-21)24(31)32-19-20-10-6-4-7-11-20/h4-13H,14-19H2,1-3H3. The van der Waals surface area contributed by atoms with E-state index >= 15 is 0 Å². The van der Waals surface area contributed by atoms with Crippen molar-refractivity contribution in [3.8, 4) is 0 Å². The van der Waals surface area contributed by atoms with Crippen molar-refractivity contribution >= 4 is 23.8 Å². The fourth-order valence-electron chi connectivity index (χ4n) is 3.37. The van der Waals surface area contributed by atoms with E-state index in [1.165, 1.54) is 4.90 Å². The lowest BCUT2D eigenvalue weighted by molar-refractivity contribution is -0.131. The molecule has 33 heavy (non-hydrogen) atoms. The lowest BCUT2D eigenvalue weighted by Crippen LogP contribution is -2.53. The van der Waals surface area contributed by atoms with Crippen molar-refractivity contribution in [1.29, 1.82) is 0 Å². The van der Waals surface area contributed by atoms with Crippen LogP contribution in [0.5, 0.6) is 0 Å². The second-order valence-electron chi connectivity index (χ2n) is 8.81. The summed E-state index contributed by atoms with van der Waals surface area (Å²) in [6.07, 6.45) is -0.976. The maximum Gasteiger partial charge on any atom is 0.415 e. The second-order valence-corrected chi connectivity index (χ2v) is 8.81. The fourth-order valence-corrected chi connectivity index (χ4v) is 3.37. The molecule has 0 aromatic heterocycles. The molecule has 3 rings (SSSR count). The smallest absolute Gasteiger partial charge is 0.415 e. The van der Waals surface area contributed by atoms with E-state index in [0.29, 0.717) is 31.9 Å². The van der Waals surface area contributed by atoms with Crippen LogP contribution in [0.4, 0.5) is 15.3 Å². The molecular weight excluding hydrogens is 422 g/mol. The maximum absolute atomic E-state index is 13.0. The van der Waals surface area contributed by atoms with Crippen molar-refractivity contribution in [3.63, 3.8) is 0 Å². The highest BCUT2D eigenvalue weighted by Crippen LogP contribution is 2.17. The third-order valence-corrected chi connectivity index (χ3v) is 5.07. The Kier molecular flexibility index (Phi) is 7.92. The van der Waals surface area contributed by atoms with Crippen LogP contribution in [0, 0.1) is 0 Å². The minimum Gasteiger partial charge on any atom is -0.444 e. The number of ether oxygens (including phenoxy) is 2. The van der Waals surface area contributed by atoms with Gasteiger partial charge in [-0.05, 0) is 38.5 Å². The van der Waals surface area contributed by atoms with Crippen molar-refractivity contribution in [3.05, 3.63) is 66.2 Å². The number of carbonyl (C=O) groups excluding carboxylic acids is 3. The number of benzene rings is 2. The summed E-state index contributed by atoms with van der Waals surface area (Å²) in [5, 5.41) is 0. The highest BCUT2D eigenvalue weighted by atomic mass is 16.6. The Labute approximate surface area is 194 Å². The lowest BCUT2D eigenvalue weighted by atomic mass is 10.2. The van der Waals surface area contributed by atoms with E-state index in [4.69, 9.17) is 9.47 Å². The average Bonchev–Trinajstić information content (AvgIpc) is 2.81. The van der Waals surface area contributed by atoms with Gasteiger partial charge in [-0.25, -0.2) is 9.59 Å². The van der Waals surface area contributed by atoms with Crippen molar-refractivity contribution in [1.82, 2.24) is 9.80 Å². The largest absolute Gasteiger partial charge is 0.444 e.